The molecule has 1 atom stereocenters. The fraction of sp³-hybridized carbons (Fsp3) is 0.571. The number of benzene rings is 1. The third kappa shape index (κ3) is 3.80. The van der Waals surface area contributed by atoms with Crippen LogP contribution in [0.3, 0.4) is 0 Å². The largest absolute Gasteiger partial charge is 0.497 e. The van der Waals surface area contributed by atoms with Crippen molar-refractivity contribution in [3.8, 4) is 5.75 Å². The first kappa shape index (κ1) is 17.6. The van der Waals surface area contributed by atoms with E-state index in [0.29, 0.717) is 6.61 Å². The van der Waals surface area contributed by atoms with E-state index in [1.165, 1.54) is 23.5 Å². The van der Waals surface area contributed by atoms with E-state index in [0.717, 1.165) is 18.9 Å². The number of methoxy groups -OCH3 is 1. The van der Waals surface area contributed by atoms with Crippen molar-refractivity contribution >= 4 is 15.7 Å². The molecule has 1 aliphatic rings. The van der Waals surface area contributed by atoms with Gasteiger partial charge in [-0.15, -0.1) is 0 Å². The van der Waals surface area contributed by atoms with Gasteiger partial charge in [-0.25, -0.2) is 8.42 Å². The molecule has 128 valence electrons. The zero-order chi connectivity index (χ0) is 17.0. The Balaban J connectivity index is 2.38. The molecule has 0 bridgehead atoms. The van der Waals surface area contributed by atoms with Gasteiger partial charge < -0.3 is 9.47 Å². The van der Waals surface area contributed by atoms with E-state index in [9.17, 15) is 18.5 Å². The van der Waals surface area contributed by atoms with Crippen LogP contribution in [0.2, 0.25) is 0 Å². The first-order chi connectivity index (χ1) is 10.9. The van der Waals surface area contributed by atoms with Crippen LogP contribution in [0, 0.1) is 10.1 Å². The fourth-order valence-corrected chi connectivity index (χ4v) is 4.16. The molecule has 0 saturated carbocycles. The summed E-state index contributed by atoms with van der Waals surface area (Å²) in [7, 11) is -2.62. The Morgan fingerprint density at radius 2 is 2.22 bits per heavy atom. The lowest BCUT2D eigenvalue weighted by molar-refractivity contribution is -0.387. The average Bonchev–Trinajstić information content (AvgIpc) is 3.04. The number of nitrogens with zero attached hydrogens (tertiary/aromatic N) is 2. The summed E-state index contributed by atoms with van der Waals surface area (Å²) in [4.78, 5) is 10.2. The van der Waals surface area contributed by atoms with E-state index >= 15 is 0 Å². The van der Waals surface area contributed by atoms with Gasteiger partial charge in [-0.1, -0.05) is 6.92 Å². The van der Waals surface area contributed by atoms with Gasteiger partial charge in [-0.05, 0) is 25.0 Å². The van der Waals surface area contributed by atoms with Crippen LogP contribution < -0.4 is 4.74 Å². The van der Waals surface area contributed by atoms with Crippen molar-refractivity contribution in [3.05, 3.63) is 28.3 Å². The van der Waals surface area contributed by atoms with Crippen molar-refractivity contribution in [1.29, 1.82) is 0 Å². The van der Waals surface area contributed by atoms with Gasteiger partial charge in [-0.2, -0.15) is 4.31 Å². The molecule has 0 N–H and O–H groups in total. The number of hydrogen-bond acceptors (Lipinski definition) is 6. The highest BCUT2D eigenvalue weighted by Gasteiger charge is 2.33. The van der Waals surface area contributed by atoms with Gasteiger partial charge in [0.25, 0.3) is 5.69 Å². The van der Waals surface area contributed by atoms with Gasteiger partial charge in [0, 0.05) is 19.7 Å². The van der Waals surface area contributed by atoms with Crippen molar-refractivity contribution in [3.63, 3.8) is 0 Å². The highest BCUT2D eigenvalue weighted by molar-refractivity contribution is 7.89. The molecule has 1 fully saturated rings. The Morgan fingerprint density at radius 3 is 2.74 bits per heavy atom. The topological polar surface area (TPSA) is 99.0 Å². The first-order valence-electron chi connectivity index (χ1n) is 7.34. The molecule has 1 aromatic carbocycles. The SMILES string of the molecule is CCN(C[C@H]1CCCO1)S(=O)(=O)c1ccc(OC)cc1[N+](=O)[O-]. The molecular formula is C14H20N2O6S. The van der Waals surface area contributed by atoms with Crippen LogP contribution in [-0.4, -0.2) is 50.6 Å². The molecule has 2 rings (SSSR count). The van der Waals surface area contributed by atoms with Crippen LogP contribution >= 0.6 is 0 Å². The molecule has 23 heavy (non-hydrogen) atoms. The third-order valence-electron chi connectivity index (χ3n) is 3.76. The maximum Gasteiger partial charge on any atom is 0.293 e. The molecule has 0 amide bonds. The van der Waals surface area contributed by atoms with Crippen LogP contribution in [0.25, 0.3) is 0 Å². The van der Waals surface area contributed by atoms with Gasteiger partial charge >= 0.3 is 0 Å². The van der Waals surface area contributed by atoms with Crippen LogP contribution in [0.4, 0.5) is 5.69 Å². The second-order valence-corrected chi connectivity index (χ2v) is 7.09. The van der Waals surface area contributed by atoms with E-state index < -0.39 is 20.6 Å². The number of nitro benzene ring substituents is 1. The minimum absolute atomic E-state index is 0.165. The van der Waals surface area contributed by atoms with Gasteiger partial charge in [0.15, 0.2) is 4.90 Å². The molecule has 1 aliphatic heterocycles. The van der Waals surface area contributed by atoms with E-state index in [4.69, 9.17) is 9.47 Å². The number of likely N-dealkylation sites (N-methyl/N-ethyl adjacent to an activating group) is 1. The van der Waals surface area contributed by atoms with E-state index in [1.807, 2.05) is 0 Å². The molecule has 0 unspecified atom stereocenters. The van der Waals surface area contributed by atoms with Crippen LogP contribution in [0.1, 0.15) is 19.8 Å². The Morgan fingerprint density at radius 1 is 1.48 bits per heavy atom. The molecule has 1 saturated heterocycles. The second kappa shape index (κ2) is 7.24. The Bertz CT molecular complexity index is 670. The minimum atomic E-state index is -3.98. The van der Waals surface area contributed by atoms with E-state index in [1.54, 1.807) is 6.92 Å². The smallest absolute Gasteiger partial charge is 0.293 e. The normalized spacial score (nSPS) is 18.3. The maximum atomic E-state index is 12.8. The summed E-state index contributed by atoms with van der Waals surface area (Å²) in [6, 6.07) is 3.73. The number of hydrogen-bond donors (Lipinski definition) is 0. The zero-order valence-electron chi connectivity index (χ0n) is 13.1. The van der Waals surface area contributed by atoms with E-state index in [2.05, 4.69) is 0 Å². The summed E-state index contributed by atoms with van der Waals surface area (Å²) in [6.07, 6.45) is 1.52. The van der Waals surface area contributed by atoms with Crippen molar-refractivity contribution in [2.45, 2.75) is 30.8 Å². The van der Waals surface area contributed by atoms with Gasteiger partial charge in [-0.3, -0.25) is 10.1 Å². The first-order valence-corrected chi connectivity index (χ1v) is 8.78. The molecule has 0 spiro atoms. The highest BCUT2D eigenvalue weighted by atomic mass is 32.2. The molecule has 1 heterocycles. The lowest BCUT2D eigenvalue weighted by Crippen LogP contribution is -2.37. The lowest BCUT2D eigenvalue weighted by atomic mass is 10.2. The minimum Gasteiger partial charge on any atom is -0.497 e. The second-order valence-electron chi connectivity index (χ2n) is 5.18. The standard InChI is InChI=1S/C14H20N2O6S/c1-3-15(10-12-5-4-8-22-12)23(19,20)14-7-6-11(21-2)9-13(14)16(17)18/h6-7,9,12H,3-5,8,10H2,1-2H3/t12-/m1/s1. The summed E-state index contributed by atoms with van der Waals surface area (Å²) in [6.45, 7) is 2.72. The monoisotopic (exact) mass is 344 g/mol. The Hall–Kier alpha value is -1.71. The summed E-state index contributed by atoms with van der Waals surface area (Å²) in [5.41, 5.74) is -0.491. The zero-order valence-corrected chi connectivity index (χ0v) is 13.9. The molecule has 8 nitrogen and oxygen atoms in total. The van der Waals surface area contributed by atoms with Crippen LogP contribution in [0.15, 0.2) is 23.1 Å². The molecular weight excluding hydrogens is 324 g/mol. The number of sulfonamides is 1. The van der Waals surface area contributed by atoms with E-state index in [-0.39, 0.29) is 29.8 Å². The summed E-state index contributed by atoms with van der Waals surface area (Å²) in [5, 5.41) is 11.2. The van der Waals surface area contributed by atoms with Gasteiger partial charge in [0.2, 0.25) is 10.0 Å². The predicted octanol–water partition coefficient (Wildman–Crippen LogP) is 1.79. The molecule has 1 aromatic rings. The number of nitro groups is 1. The Kier molecular flexibility index (Phi) is 5.55. The van der Waals surface area contributed by atoms with Crippen molar-refractivity contribution in [1.82, 2.24) is 4.31 Å². The number of ether oxygens (including phenoxy) is 2. The quantitative estimate of drug-likeness (QED) is 0.552. The summed E-state index contributed by atoms with van der Waals surface area (Å²) < 4.78 is 37.2. The predicted molar refractivity (Wildman–Crippen MR) is 83.1 cm³/mol. The summed E-state index contributed by atoms with van der Waals surface area (Å²) >= 11 is 0. The molecule has 0 aliphatic carbocycles. The van der Waals surface area contributed by atoms with Crippen LogP contribution in [-0.2, 0) is 14.8 Å². The lowest BCUT2D eigenvalue weighted by Gasteiger charge is -2.23. The molecule has 0 aromatic heterocycles. The van der Waals surface area contributed by atoms with Crippen molar-refractivity contribution < 1.29 is 22.8 Å². The number of rotatable bonds is 7. The average molecular weight is 344 g/mol. The molecule has 0 radical (unpaired) electrons. The van der Waals surface area contributed by atoms with Crippen molar-refractivity contribution in [2.75, 3.05) is 26.8 Å². The van der Waals surface area contributed by atoms with Gasteiger partial charge in [0.05, 0.1) is 24.2 Å². The highest BCUT2D eigenvalue weighted by Crippen LogP contribution is 2.31. The maximum absolute atomic E-state index is 12.8. The van der Waals surface area contributed by atoms with Crippen LogP contribution in [0.5, 0.6) is 5.75 Å². The summed E-state index contributed by atoms with van der Waals surface area (Å²) in [5.74, 6) is 0.234. The fourth-order valence-electron chi connectivity index (χ4n) is 2.54. The van der Waals surface area contributed by atoms with Gasteiger partial charge in [0.1, 0.15) is 5.75 Å². The third-order valence-corrected chi connectivity index (χ3v) is 5.75. The molecule has 9 heteroatoms. The Labute approximate surface area is 135 Å². The van der Waals surface area contributed by atoms with Crippen molar-refractivity contribution in [2.24, 2.45) is 0 Å².